The average molecular weight is 212 g/mol. The first-order valence-corrected chi connectivity index (χ1v) is 4.12. The van der Waals surface area contributed by atoms with E-state index in [9.17, 15) is 4.79 Å². The van der Waals surface area contributed by atoms with Gasteiger partial charge in [-0.2, -0.15) is 0 Å². The van der Waals surface area contributed by atoms with Crippen molar-refractivity contribution in [3.8, 4) is 0 Å². The molecular weight excluding hydrogens is 202 g/mol. The number of hydrogen-bond acceptors (Lipinski definition) is 2. The van der Waals surface area contributed by atoms with Crippen molar-refractivity contribution in [1.29, 1.82) is 0 Å². The molecule has 0 bridgehead atoms. The Labute approximate surface area is 80.0 Å². The van der Waals surface area contributed by atoms with Gasteiger partial charge in [0.2, 0.25) is 0 Å². The number of nitrogens with two attached hydrogens (primary N) is 1. The molecule has 0 spiro atoms. The van der Waals surface area contributed by atoms with Gasteiger partial charge in [0.1, 0.15) is 0 Å². The van der Waals surface area contributed by atoms with Gasteiger partial charge in [0.25, 0.3) is 0 Å². The Balaban J connectivity index is 2.58. The molecule has 0 saturated heterocycles. The topological polar surface area (TPSA) is 43.1 Å². The first kappa shape index (κ1) is 9.46. The zero-order chi connectivity index (χ0) is 8.97. The van der Waals surface area contributed by atoms with Crippen molar-refractivity contribution in [1.82, 2.24) is 0 Å². The van der Waals surface area contributed by atoms with Gasteiger partial charge >= 0.3 is 79.6 Å². The van der Waals surface area contributed by atoms with Crippen LogP contribution in [0, 0.1) is 0 Å². The minimum atomic E-state index is -0.549. The van der Waals surface area contributed by atoms with Crippen LogP contribution in [0.25, 0.3) is 0 Å². The van der Waals surface area contributed by atoms with E-state index in [1.807, 2.05) is 30.3 Å². The van der Waals surface area contributed by atoms with Gasteiger partial charge < -0.3 is 0 Å². The summed E-state index contributed by atoms with van der Waals surface area (Å²) < 4.78 is -0.397. The second kappa shape index (κ2) is 4.41. The van der Waals surface area contributed by atoms with Gasteiger partial charge in [-0.3, -0.25) is 0 Å². The molecule has 0 amide bonds. The van der Waals surface area contributed by atoms with Gasteiger partial charge in [-0.05, 0) is 0 Å². The third kappa shape index (κ3) is 2.78. The number of rotatable bonds is 3. The first-order valence-electron chi connectivity index (χ1n) is 3.65. The third-order valence-corrected chi connectivity index (χ3v) is 1.91. The summed E-state index contributed by atoms with van der Waals surface area (Å²) in [7, 11) is 0. The Morgan fingerprint density at radius 1 is 1.42 bits per heavy atom. The van der Waals surface area contributed by atoms with Gasteiger partial charge in [0.15, 0.2) is 0 Å². The fraction of sp³-hybridized carbons (Fsp3) is 0.222. The molecule has 2 nitrogen and oxygen atoms in total. The van der Waals surface area contributed by atoms with Gasteiger partial charge in [-0.25, -0.2) is 0 Å². The molecule has 68 valence electrons. The minimum absolute atomic E-state index is 0.397. The van der Waals surface area contributed by atoms with Gasteiger partial charge in [-0.15, -0.1) is 0 Å². The molecule has 0 aromatic heterocycles. The first-order chi connectivity index (χ1) is 5.70. The van der Waals surface area contributed by atoms with Crippen LogP contribution in [-0.4, -0.2) is 10.7 Å². The molecule has 0 aliphatic heterocycles. The predicted octanol–water partition coefficient (Wildman–Crippen LogP) is 0.630. The Morgan fingerprint density at radius 3 is 2.50 bits per heavy atom. The molecule has 0 fully saturated rings. The van der Waals surface area contributed by atoms with E-state index in [0.29, 0.717) is 6.42 Å². The summed E-state index contributed by atoms with van der Waals surface area (Å²) >= 11 is 4.58. The molecule has 0 unspecified atom stereocenters. The second-order valence-corrected chi connectivity index (χ2v) is 3.03. The number of carbonyl (C=O) groups is 1. The Kier molecular flexibility index (Phi) is 3.47. The standard InChI is InChI=1S/C9H10NO.Cu/c10-9(7-11)6-8-4-2-1-3-5-8;/h1-5,9H,6,10H2;/t9-;/m0./s1. The molecule has 0 heterocycles. The quantitative estimate of drug-likeness (QED) is 0.746. The summed E-state index contributed by atoms with van der Waals surface area (Å²) in [6.45, 7) is 0. The molecule has 2 N–H and O–H groups in total. The van der Waals surface area contributed by atoms with Crippen molar-refractivity contribution in [3.63, 3.8) is 0 Å². The zero-order valence-electron chi connectivity index (χ0n) is 6.46. The fourth-order valence-electron chi connectivity index (χ4n) is 0.940. The molecule has 1 rings (SSSR count). The van der Waals surface area contributed by atoms with Crippen molar-refractivity contribution < 1.29 is 20.8 Å². The van der Waals surface area contributed by atoms with E-state index < -0.39 is 10.7 Å². The molecule has 1 aromatic rings. The molecular formula is C9H10CuNO. The van der Waals surface area contributed by atoms with Gasteiger partial charge in [0.05, 0.1) is 0 Å². The molecule has 1 atom stereocenters. The van der Waals surface area contributed by atoms with Gasteiger partial charge in [0, 0.05) is 0 Å². The maximum absolute atomic E-state index is 10.6. The Hall–Kier alpha value is -0.631. The Bertz CT molecular complexity index is 260. The van der Waals surface area contributed by atoms with Crippen molar-refractivity contribution in [2.75, 3.05) is 0 Å². The maximum atomic E-state index is 10.6. The van der Waals surface area contributed by atoms with Crippen LogP contribution in [0.3, 0.4) is 0 Å². The van der Waals surface area contributed by atoms with Crippen molar-refractivity contribution >= 4 is 4.68 Å². The Morgan fingerprint density at radius 2 is 2.00 bits per heavy atom. The van der Waals surface area contributed by atoms with Crippen LogP contribution >= 0.6 is 0 Å². The van der Waals surface area contributed by atoms with Crippen LogP contribution in [0.15, 0.2) is 30.3 Å². The third-order valence-electron chi connectivity index (χ3n) is 1.56. The molecule has 0 aliphatic carbocycles. The fourth-order valence-corrected chi connectivity index (χ4v) is 1.04. The second-order valence-electron chi connectivity index (χ2n) is 2.56. The molecule has 3 heteroatoms. The molecule has 1 aromatic carbocycles. The molecule has 12 heavy (non-hydrogen) atoms. The summed E-state index contributed by atoms with van der Waals surface area (Å²) in [5.74, 6) is 0. The molecule has 0 saturated carbocycles. The van der Waals surface area contributed by atoms with Crippen LogP contribution in [0.2, 0.25) is 0 Å². The molecule has 0 radical (unpaired) electrons. The van der Waals surface area contributed by atoms with E-state index in [2.05, 4.69) is 16.0 Å². The summed E-state index contributed by atoms with van der Waals surface area (Å²) in [6.07, 6.45) is 0.526. The van der Waals surface area contributed by atoms with E-state index in [-0.39, 0.29) is 0 Å². The number of carbonyl (C=O) groups excluding carboxylic acids is 1. The van der Waals surface area contributed by atoms with Crippen LogP contribution in [0.1, 0.15) is 5.56 Å². The summed E-state index contributed by atoms with van der Waals surface area (Å²) in [5.41, 5.74) is 6.53. The van der Waals surface area contributed by atoms with Crippen LogP contribution in [0.4, 0.5) is 0 Å². The van der Waals surface area contributed by atoms with Crippen LogP contribution < -0.4 is 5.73 Å². The number of hydrogen-bond donors (Lipinski definition) is 1. The van der Waals surface area contributed by atoms with E-state index in [4.69, 9.17) is 5.73 Å². The van der Waals surface area contributed by atoms with Crippen molar-refractivity contribution in [3.05, 3.63) is 35.9 Å². The summed E-state index contributed by atoms with van der Waals surface area (Å²) in [6, 6.07) is 9.05. The van der Waals surface area contributed by atoms with E-state index in [0.717, 1.165) is 5.56 Å². The number of benzene rings is 1. The van der Waals surface area contributed by atoms with Crippen molar-refractivity contribution in [2.24, 2.45) is 5.73 Å². The summed E-state index contributed by atoms with van der Waals surface area (Å²) in [4.78, 5) is 10.6. The SMILES string of the molecule is N[C@@H](Cc1ccccc1)[C](=O)[Cu]. The zero-order valence-corrected chi connectivity index (χ0v) is 7.40. The predicted molar refractivity (Wildman–Crippen MR) is 43.1 cm³/mol. The summed E-state index contributed by atoms with van der Waals surface area (Å²) in [5, 5.41) is 0. The molecule has 0 aliphatic rings. The average Bonchev–Trinajstić information content (AvgIpc) is 2.06. The van der Waals surface area contributed by atoms with Gasteiger partial charge in [-0.1, -0.05) is 0 Å². The van der Waals surface area contributed by atoms with E-state index in [1.54, 1.807) is 0 Å². The van der Waals surface area contributed by atoms with Crippen LogP contribution in [0.5, 0.6) is 0 Å². The normalized spacial score (nSPS) is 12.6. The van der Waals surface area contributed by atoms with Crippen molar-refractivity contribution in [2.45, 2.75) is 12.5 Å². The van der Waals surface area contributed by atoms with E-state index >= 15 is 0 Å². The van der Waals surface area contributed by atoms with E-state index in [1.165, 1.54) is 0 Å². The van der Waals surface area contributed by atoms with Crippen LogP contribution in [-0.2, 0) is 27.2 Å². The monoisotopic (exact) mass is 211 g/mol.